The molecule has 0 aliphatic carbocycles. The van der Waals surface area contributed by atoms with Gasteiger partial charge in [-0.3, -0.25) is 4.90 Å². The van der Waals surface area contributed by atoms with Gasteiger partial charge >= 0.3 is 0 Å². The Bertz CT molecular complexity index is 775. The minimum Gasteiger partial charge on any atom is -0.400 e. The Kier molecular flexibility index (Phi) is 14.2. The molecule has 0 aromatic heterocycles. The fourth-order valence-electron chi connectivity index (χ4n) is 3.59. The zero-order valence-electron chi connectivity index (χ0n) is 20.9. The zero-order chi connectivity index (χ0) is 25.5. The van der Waals surface area contributed by atoms with Crippen molar-refractivity contribution in [2.75, 3.05) is 46.7 Å². The van der Waals surface area contributed by atoms with Gasteiger partial charge in [-0.05, 0) is 36.8 Å². The number of hydrogen-bond donors (Lipinski definition) is 5. The lowest BCUT2D eigenvalue weighted by Crippen LogP contribution is -2.52. The van der Waals surface area contributed by atoms with Crippen molar-refractivity contribution in [1.29, 1.82) is 0 Å². The second-order valence-corrected chi connectivity index (χ2v) is 9.27. The Morgan fingerprint density at radius 3 is 2.68 bits per heavy atom. The normalized spacial score (nSPS) is 19.6. The summed E-state index contributed by atoms with van der Waals surface area (Å²) < 4.78 is 10.9. The van der Waals surface area contributed by atoms with E-state index in [1.165, 1.54) is 11.8 Å². The van der Waals surface area contributed by atoms with Crippen molar-refractivity contribution < 1.29 is 9.47 Å². The van der Waals surface area contributed by atoms with Crippen LogP contribution in [-0.4, -0.2) is 63.7 Å². The van der Waals surface area contributed by atoms with Crippen LogP contribution in [0.1, 0.15) is 26.7 Å². The van der Waals surface area contributed by atoms with Gasteiger partial charge < -0.3 is 37.3 Å². The van der Waals surface area contributed by atoms with E-state index in [0.29, 0.717) is 36.4 Å². The molecular formula is C24H43N7O2S. The third-order valence-electron chi connectivity index (χ3n) is 5.21. The molecular weight excluding hydrogens is 450 g/mol. The number of aliphatic imine (C=N–C) groups is 1. The van der Waals surface area contributed by atoms with Gasteiger partial charge in [-0.15, -0.1) is 0 Å². The number of thioether (sulfide) groups is 1. The predicted octanol–water partition coefficient (Wildman–Crippen LogP) is 2.14. The summed E-state index contributed by atoms with van der Waals surface area (Å²) in [5, 5.41) is 7.88. The van der Waals surface area contributed by atoms with Crippen LogP contribution < -0.4 is 27.8 Å². The van der Waals surface area contributed by atoms with E-state index in [-0.39, 0.29) is 18.8 Å². The van der Waals surface area contributed by atoms with Gasteiger partial charge in [0, 0.05) is 32.4 Å². The highest BCUT2D eigenvalue weighted by Gasteiger charge is 2.25. The summed E-state index contributed by atoms with van der Waals surface area (Å²) >= 11 is 1.31. The SMILES string of the molecule is C=C/C=C(\CC1COCCN(C(CC)N/C(N)=N\COC)C1)C(=C)CN/C(SC(=C)N)=C(\C)N. The number of nitrogens with two attached hydrogens (primary N) is 3. The fourth-order valence-corrected chi connectivity index (χ4v) is 4.15. The summed E-state index contributed by atoms with van der Waals surface area (Å²) in [6.07, 6.45) is 5.55. The molecule has 1 rings (SSSR count). The monoisotopic (exact) mass is 493 g/mol. The van der Waals surface area contributed by atoms with E-state index < -0.39 is 0 Å². The van der Waals surface area contributed by atoms with Gasteiger partial charge in [0.2, 0.25) is 0 Å². The van der Waals surface area contributed by atoms with E-state index in [2.05, 4.69) is 47.2 Å². The second-order valence-electron chi connectivity index (χ2n) is 8.13. The van der Waals surface area contributed by atoms with Gasteiger partial charge in [0.15, 0.2) is 5.96 Å². The first-order valence-corrected chi connectivity index (χ1v) is 12.2. The van der Waals surface area contributed by atoms with E-state index in [1.807, 2.05) is 13.0 Å². The quantitative estimate of drug-likeness (QED) is 0.140. The van der Waals surface area contributed by atoms with Gasteiger partial charge in [-0.25, -0.2) is 4.99 Å². The molecule has 34 heavy (non-hydrogen) atoms. The van der Waals surface area contributed by atoms with Crippen LogP contribution in [0.15, 0.2) is 63.8 Å². The highest BCUT2D eigenvalue weighted by atomic mass is 32.2. The third kappa shape index (κ3) is 11.1. The Morgan fingerprint density at radius 1 is 1.35 bits per heavy atom. The molecule has 0 aromatic rings. The fraction of sp³-hybridized carbons (Fsp3) is 0.542. The molecule has 8 N–H and O–H groups in total. The number of guanidine groups is 1. The van der Waals surface area contributed by atoms with E-state index in [4.69, 9.17) is 26.7 Å². The molecule has 0 bridgehead atoms. The molecule has 10 heteroatoms. The van der Waals surface area contributed by atoms with Gasteiger partial charge in [-0.1, -0.05) is 50.6 Å². The summed E-state index contributed by atoms with van der Waals surface area (Å²) in [5.41, 5.74) is 20.5. The van der Waals surface area contributed by atoms with Crippen LogP contribution in [0.25, 0.3) is 0 Å². The van der Waals surface area contributed by atoms with Crippen molar-refractivity contribution >= 4 is 17.7 Å². The lowest BCUT2D eigenvalue weighted by atomic mass is 9.94. The Morgan fingerprint density at radius 2 is 2.09 bits per heavy atom. The van der Waals surface area contributed by atoms with Crippen LogP contribution in [0, 0.1) is 5.92 Å². The highest BCUT2D eigenvalue weighted by molar-refractivity contribution is 8.06. The van der Waals surface area contributed by atoms with Crippen molar-refractivity contribution in [2.45, 2.75) is 32.9 Å². The van der Waals surface area contributed by atoms with Crippen LogP contribution in [0.2, 0.25) is 0 Å². The first-order valence-electron chi connectivity index (χ1n) is 11.4. The zero-order valence-corrected chi connectivity index (χ0v) is 21.8. The maximum Gasteiger partial charge on any atom is 0.192 e. The molecule has 0 spiro atoms. The summed E-state index contributed by atoms with van der Waals surface area (Å²) in [7, 11) is 1.59. The molecule has 0 aromatic carbocycles. The Balaban J connectivity index is 2.85. The van der Waals surface area contributed by atoms with Crippen molar-refractivity contribution in [2.24, 2.45) is 28.1 Å². The maximum absolute atomic E-state index is 6.02. The molecule has 9 nitrogen and oxygen atoms in total. The van der Waals surface area contributed by atoms with Crippen LogP contribution in [0.5, 0.6) is 0 Å². The van der Waals surface area contributed by atoms with Crippen molar-refractivity contribution in [3.63, 3.8) is 0 Å². The smallest absolute Gasteiger partial charge is 0.192 e. The maximum atomic E-state index is 6.02. The first kappa shape index (κ1) is 29.6. The number of rotatable bonds is 14. The number of nitrogens with one attached hydrogen (secondary N) is 2. The third-order valence-corrected chi connectivity index (χ3v) is 6.14. The average molecular weight is 494 g/mol. The number of nitrogens with zero attached hydrogens (tertiary/aromatic N) is 2. The highest BCUT2D eigenvalue weighted by Crippen LogP contribution is 2.24. The largest absolute Gasteiger partial charge is 0.400 e. The number of hydrogen-bond acceptors (Lipinski definition) is 8. The van der Waals surface area contributed by atoms with E-state index in [0.717, 1.165) is 42.1 Å². The van der Waals surface area contributed by atoms with Gasteiger partial charge in [-0.2, -0.15) is 0 Å². The molecule has 0 amide bonds. The molecule has 1 fully saturated rings. The molecule has 1 aliphatic heterocycles. The number of ether oxygens (including phenoxy) is 2. The van der Waals surface area contributed by atoms with Crippen LogP contribution in [0.4, 0.5) is 0 Å². The number of methoxy groups -OCH3 is 1. The number of allylic oxidation sites excluding steroid dienone is 3. The first-order chi connectivity index (χ1) is 16.2. The molecule has 2 unspecified atom stereocenters. The molecule has 1 saturated heterocycles. The van der Waals surface area contributed by atoms with E-state index in [1.54, 1.807) is 13.2 Å². The molecule has 1 heterocycles. The molecule has 0 radical (unpaired) electrons. The van der Waals surface area contributed by atoms with Crippen LogP contribution >= 0.6 is 11.8 Å². The summed E-state index contributed by atoms with van der Waals surface area (Å²) in [4.78, 5) is 6.53. The second kappa shape index (κ2) is 16.3. The minimum absolute atomic E-state index is 0.0584. The Hall–Kier alpha value is -2.40. The van der Waals surface area contributed by atoms with E-state index >= 15 is 0 Å². The topological polar surface area (TPSA) is 136 Å². The van der Waals surface area contributed by atoms with Crippen molar-refractivity contribution in [1.82, 2.24) is 15.5 Å². The van der Waals surface area contributed by atoms with E-state index in [9.17, 15) is 0 Å². The van der Waals surface area contributed by atoms with Gasteiger partial charge in [0.1, 0.15) is 6.73 Å². The summed E-state index contributed by atoms with van der Waals surface area (Å²) in [5.74, 6) is 0.655. The summed E-state index contributed by atoms with van der Waals surface area (Å²) in [6.45, 7) is 19.6. The lowest BCUT2D eigenvalue weighted by molar-refractivity contribution is 0.118. The van der Waals surface area contributed by atoms with Crippen LogP contribution in [-0.2, 0) is 9.47 Å². The van der Waals surface area contributed by atoms with Crippen molar-refractivity contribution in [3.05, 3.63) is 58.8 Å². The minimum atomic E-state index is 0.0584. The standard InChI is InChI=1S/C24H43N7O2S/c1-7-9-21(17(3)13-28-23(18(4)25)34-19(5)26)12-20-14-31(10-11-33-15-20)22(8-2)30-24(27)29-16-32-6/h7,9,20,22,28H,1,3,5,8,10-16,25-26H2,2,4,6H3,(H3,27,29,30)/b21-9+,23-18-. The molecule has 1 aliphatic rings. The predicted molar refractivity (Wildman–Crippen MR) is 144 cm³/mol. The van der Waals surface area contributed by atoms with Gasteiger partial charge in [0.25, 0.3) is 0 Å². The lowest BCUT2D eigenvalue weighted by Gasteiger charge is -2.32. The van der Waals surface area contributed by atoms with Crippen molar-refractivity contribution in [3.8, 4) is 0 Å². The van der Waals surface area contributed by atoms with Crippen LogP contribution in [0.3, 0.4) is 0 Å². The van der Waals surface area contributed by atoms with Gasteiger partial charge in [0.05, 0.1) is 29.4 Å². The molecule has 192 valence electrons. The average Bonchev–Trinajstić information content (AvgIpc) is 3.03. The Labute approximate surface area is 209 Å². The summed E-state index contributed by atoms with van der Waals surface area (Å²) in [6, 6.07) is 0. The molecule has 2 atom stereocenters. The molecule has 0 saturated carbocycles.